The second-order valence-electron chi connectivity index (χ2n) is 3.01. The molecule has 1 atom stereocenters. The van der Waals surface area contributed by atoms with Gasteiger partial charge < -0.3 is 10.6 Å². The summed E-state index contributed by atoms with van der Waals surface area (Å²) in [5, 5.41) is 6.81. The van der Waals surface area contributed by atoms with Crippen molar-refractivity contribution in [3.63, 3.8) is 0 Å². The Kier molecular flexibility index (Phi) is 6.57. The fourth-order valence-corrected chi connectivity index (χ4v) is 1.15. The van der Waals surface area contributed by atoms with Gasteiger partial charge in [-0.15, -0.1) is 0 Å². The molecule has 1 saturated heterocycles. The molecule has 1 aliphatic rings. The fraction of sp³-hybridized carbons (Fsp3) is 1.00. The first kappa shape index (κ1) is 10.9. The summed E-state index contributed by atoms with van der Waals surface area (Å²) >= 11 is 0. The van der Waals surface area contributed by atoms with E-state index in [2.05, 4.69) is 24.5 Å². The number of nitrogens with one attached hydrogen (secondary N) is 2. The van der Waals surface area contributed by atoms with Gasteiger partial charge in [0.2, 0.25) is 0 Å². The molecule has 1 fully saturated rings. The third-order valence-electron chi connectivity index (χ3n) is 1.88. The zero-order chi connectivity index (χ0) is 8.69. The van der Waals surface area contributed by atoms with E-state index in [0.29, 0.717) is 6.04 Å². The van der Waals surface area contributed by atoms with Crippen LogP contribution in [0.2, 0.25) is 0 Å². The van der Waals surface area contributed by atoms with Gasteiger partial charge in [-0.25, -0.2) is 0 Å². The lowest BCUT2D eigenvalue weighted by atomic mass is 10.0. The first-order chi connectivity index (χ1) is 5.30. The van der Waals surface area contributed by atoms with Gasteiger partial charge >= 0.3 is 0 Å². The van der Waals surface area contributed by atoms with E-state index in [1.807, 2.05) is 13.8 Å². The molecule has 0 spiro atoms. The van der Waals surface area contributed by atoms with Crippen molar-refractivity contribution < 1.29 is 2.85 Å². The topological polar surface area (TPSA) is 24.1 Å². The second-order valence-corrected chi connectivity index (χ2v) is 3.01. The van der Waals surface area contributed by atoms with E-state index in [9.17, 15) is 0 Å². The van der Waals surface area contributed by atoms with Crippen molar-refractivity contribution in [1.29, 1.82) is 0 Å². The summed E-state index contributed by atoms with van der Waals surface area (Å²) in [7, 11) is 0. The van der Waals surface area contributed by atoms with E-state index < -0.39 is 0 Å². The molecule has 0 bridgehead atoms. The molecule has 1 aliphatic heterocycles. The Balaban J connectivity index is -0.000000234. The Bertz CT molecular complexity index is 83.7. The minimum Gasteiger partial charge on any atom is -0.314 e. The largest absolute Gasteiger partial charge is 0.314 e. The van der Waals surface area contributed by atoms with Crippen molar-refractivity contribution in [1.82, 2.24) is 10.6 Å². The molecule has 1 unspecified atom stereocenters. The van der Waals surface area contributed by atoms with Gasteiger partial charge in [0, 0.05) is 28.5 Å². The summed E-state index contributed by atoms with van der Waals surface area (Å²) < 4.78 is 0. The molecule has 2 nitrogen and oxygen atoms in total. The van der Waals surface area contributed by atoms with E-state index in [0.717, 1.165) is 25.6 Å². The maximum atomic E-state index is 3.46. The Morgan fingerprint density at radius 1 is 1.27 bits per heavy atom. The Morgan fingerprint density at radius 2 is 1.91 bits per heavy atom. The minimum atomic E-state index is 0. The molecule has 11 heavy (non-hydrogen) atoms. The van der Waals surface area contributed by atoms with Gasteiger partial charge in [-0.3, -0.25) is 0 Å². The molecule has 0 saturated carbocycles. The molecule has 1 heterocycles. The number of hydrogen-bond acceptors (Lipinski definition) is 2. The minimum absolute atomic E-state index is 0. The predicted octanol–water partition coefficient (Wildman–Crippen LogP) is 1.72. The molecule has 0 aromatic rings. The van der Waals surface area contributed by atoms with Crippen LogP contribution < -0.4 is 10.6 Å². The highest BCUT2D eigenvalue weighted by Gasteiger charge is 2.14. The van der Waals surface area contributed by atoms with Gasteiger partial charge in [0.05, 0.1) is 0 Å². The first-order valence-electron chi connectivity index (χ1n) is 4.75. The predicted molar refractivity (Wildman–Crippen MR) is 55.1 cm³/mol. The lowest BCUT2D eigenvalue weighted by molar-refractivity contribution is 0.342. The van der Waals surface area contributed by atoms with Gasteiger partial charge in [-0.05, 0) is 5.92 Å². The SMILES string of the molecule is CC.CC(C)C1CNCCN1.[HH].[HH]. The summed E-state index contributed by atoms with van der Waals surface area (Å²) in [4.78, 5) is 0. The van der Waals surface area contributed by atoms with Gasteiger partial charge in [-0.1, -0.05) is 27.7 Å². The van der Waals surface area contributed by atoms with Crippen molar-refractivity contribution in [3.05, 3.63) is 0 Å². The maximum absolute atomic E-state index is 3.46. The van der Waals surface area contributed by atoms with E-state index in [1.54, 1.807) is 0 Å². The summed E-state index contributed by atoms with van der Waals surface area (Å²) in [5.41, 5.74) is 0. The van der Waals surface area contributed by atoms with Crippen molar-refractivity contribution in [3.8, 4) is 0 Å². The molecule has 0 radical (unpaired) electrons. The third kappa shape index (κ3) is 4.38. The summed E-state index contributed by atoms with van der Waals surface area (Å²) in [6, 6.07) is 0.693. The van der Waals surface area contributed by atoms with E-state index >= 15 is 0 Å². The molecular weight excluding hydrogens is 136 g/mol. The Hall–Kier alpha value is -0.0800. The molecule has 0 amide bonds. The van der Waals surface area contributed by atoms with Gasteiger partial charge in [0.25, 0.3) is 0 Å². The van der Waals surface area contributed by atoms with Crippen LogP contribution in [0.3, 0.4) is 0 Å². The van der Waals surface area contributed by atoms with Crippen molar-refractivity contribution in [2.45, 2.75) is 33.7 Å². The highest BCUT2D eigenvalue weighted by Crippen LogP contribution is 2.00. The molecule has 2 N–H and O–H groups in total. The van der Waals surface area contributed by atoms with Crippen LogP contribution in [-0.4, -0.2) is 25.7 Å². The summed E-state index contributed by atoms with van der Waals surface area (Å²) in [5.74, 6) is 0.762. The van der Waals surface area contributed by atoms with Gasteiger partial charge in [0.15, 0.2) is 0 Å². The summed E-state index contributed by atoms with van der Waals surface area (Å²) in [6.07, 6.45) is 0. The van der Waals surface area contributed by atoms with Crippen LogP contribution in [0, 0.1) is 5.92 Å². The highest BCUT2D eigenvalue weighted by atomic mass is 15.1. The molecule has 0 aromatic heterocycles. The average molecular weight is 162 g/mol. The van der Waals surface area contributed by atoms with E-state index in [-0.39, 0.29) is 2.85 Å². The van der Waals surface area contributed by atoms with Crippen LogP contribution in [0.5, 0.6) is 0 Å². The highest BCUT2D eigenvalue weighted by molar-refractivity contribution is 4.77. The normalized spacial score (nSPS) is 24.3. The standard InChI is InChI=1S/C7H16N2.C2H6.2H2/c1-6(2)7-5-8-3-4-9-7;1-2;;/h6-9H,3-5H2,1-2H3;1-2H3;2*1H. The van der Waals surface area contributed by atoms with E-state index in [4.69, 9.17) is 0 Å². The molecular formula is C9H26N2. The fourth-order valence-electron chi connectivity index (χ4n) is 1.15. The maximum Gasteiger partial charge on any atom is 0.0215 e. The lowest BCUT2D eigenvalue weighted by Gasteiger charge is -2.27. The first-order valence-corrected chi connectivity index (χ1v) is 4.75. The smallest absolute Gasteiger partial charge is 0.0215 e. The van der Waals surface area contributed by atoms with Crippen molar-refractivity contribution >= 4 is 0 Å². The van der Waals surface area contributed by atoms with Gasteiger partial charge in [0.1, 0.15) is 0 Å². The average Bonchev–Trinajstić information content (AvgIpc) is 2.10. The number of piperazine rings is 1. The molecule has 0 aliphatic carbocycles. The van der Waals surface area contributed by atoms with Crippen LogP contribution in [0.25, 0.3) is 0 Å². The van der Waals surface area contributed by atoms with E-state index in [1.165, 1.54) is 0 Å². The third-order valence-corrected chi connectivity index (χ3v) is 1.88. The van der Waals surface area contributed by atoms with Crippen molar-refractivity contribution in [2.75, 3.05) is 19.6 Å². The van der Waals surface area contributed by atoms with Crippen LogP contribution in [-0.2, 0) is 0 Å². The monoisotopic (exact) mass is 162 g/mol. The molecule has 0 aromatic carbocycles. The van der Waals surface area contributed by atoms with Gasteiger partial charge in [-0.2, -0.15) is 0 Å². The van der Waals surface area contributed by atoms with Crippen molar-refractivity contribution in [2.24, 2.45) is 5.92 Å². The Labute approximate surface area is 73.7 Å². The van der Waals surface area contributed by atoms with Crippen LogP contribution in [0.1, 0.15) is 30.5 Å². The number of hydrogen-bond donors (Lipinski definition) is 2. The molecule has 72 valence electrons. The second kappa shape index (κ2) is 6.62. The zero-order valence-corrected chi connectivity index (χ0v) is 8.28. The zero-order valence-electron chi connectivity index (χ0n) is 8.28. The quantitative estimate of drug-likeness (QED) is 0.613. The van der Waals surface area contributed by atoms with Crippen LogP contribution in [0.15, 0.2) is 0 Å². The lowest BCUT2D eigenvalue weighted by Crippen LogP contribution is -2.50. The molecule has 2 heteroatoms. The van der Waals surface area contributed by atoms with Crippen LogP contribution >= 0.6 is 0 Å². The molecule has 1 rings (SSSR count). The summed E-state index contributed by atoms with van der Waals surface area (Å²) in [6.45, 7) is 11.9. The Morgan fingerprint density at radius 3 is 2.18 bits per heavy atom. The van der Waals surface area contributed by atoms with Crippen LogP contribution in [0.4, 0.5) is 0 Å². The number of rotatable bonds is 1.